The molecule has 0 unspecified atom stereocenters. The van der Waals surface area contributed by atoms with E-state index in [4.69, 9.17) is 9.26 Å². The molecule has 0 aromatic carbocycles. The van der Waals surface area contributed by atoms with Crippen LogP contribution in [0.5, 0.6) is 5.88 Å². The first kappa shape index (κ1) is 14.5. The summed E-state index contributed by atoms with van der Waals surface area (Å²) in [5, 5.41) is 15.8. The van der Waals surface area contributed by atoms with Crippen LogP contribution in [0.2, 0.25) is 0 Å². The second-order valence-electron chi connectivity index (χ2n) is 5.36. The zero-order chi connectivity index (χ0) is 13.8. The molecule has 0 spiro atoms. The first-order valence-corrected chi connectivity index (χ1v) is 5.79. The zero-order valence-electron chi connectivity index (χ0n) is 11.2. The average Bonchev–Trinajstić information content (AvgIpc) is 2.72. The third kappa shape index (κ3) is 4.75. The van der Waals surface area contributed by atoms with E-state index in [-0.39, 0.29) is 23.6 Å². The molecule has 0 saturated heterocycles. The minimum Gasteiger partial charge on any atom is -0.479 e. The van der Waals surface area contributed by atoms with Gasteiger partial charge in [0.2, 0.25) is 5.76 Å². The molecular weight excluding hydrogens is 236 g/mol. The van der Waals surface area contributed by atoms with E-state index in [1.54, 1.807) is 0 Å². The van der Waals surface area contributed by atoms with E-state index in [2.05, 4.69) is 10.5 Å². The normalized spacial score (nSPS) is 13.2. The molecule has 0 fully saturated rings. The zero-order valence-corrected chi connectivity index (χ0v) is 11.2. The minimum absolute atomic E-state index is 0.0135. The van der Waals surface area contributed by atoms with Gasteiger partial charge in [-0.3, -0.25) is 4.79 Å². The van der Waals surface area contributed by atoms with Crippen molar-refractivity contribution in [3.8, 4) is 5.88 Å². The van der Waals surface area contributed by atoms with Crippen LogP contribution in [0.3, 0.4) is 0 Å². The Morgan fingerprint density at radius 3 is 2.78 bits per heavy atom. The van der Waals surface area contributed by atoms with Gasteiger partial charge in [0.15, 0.2) is 0 Å². The lowest BCUT2D eigenvalue weighted by Gasteiger charge is -2.22. The summed E-state index contributed by atoms with van der Waals surface area (Å²) >= 11 is 0. The van der Waals surface area contributed by atoms with Gasteiger partial charge < -0.3 is 19.7 Å². The summed E-state index contributed by atoms with van der Waals surface area (Å²) in [6.07, 6.45) is 0.0197. The summed E-state index contributed by atoms with van der Waals surface area (Å²) < 4.78 is 9.58. The number of nitrogens with zero attached hydrogens (tertiary/aromatic N) is 1. The van der Waals surface area contributed by atoms with Crippen LogP contribution in [0.4, 0.5) is 0 Å². The monoisotopic (exact) mass is 256 g/mol. The molecule has 0 aliphatic heterocycles. The third-order valence-corrected chi connectivity index (χ3v) is 2.27. The van der Waals surface area contributed by atoms with Crippen molar-refractivity contribution in [1.29, 1.82) is 0 Å². The highest BCUT2D eigenvalue weighted by molar-refractivity contribution is 5.91. The Labute approximate surface area is 106 Å². The van der Waals surface area contributed by atoms with Crippen molar-refractivity contribution in [3.63, 3.8) is 0 Å². The van der Waals surface area contributed by atoms with Gasteiger partial charge >= 0.3 is 0 Å². The second-order valence-corrected chi connectivity index (χ2v) is 5.36. The molecule has 6 heteroatoms. The Morgan fingerprint density at radius 2 is 2.28 bits per heavy atom. The molecule has 0 aliphatic rings. The lowest BCUT2D eigenvalue weighted by molar-refractivity contribution is 0.0836. The fourth-order valence-corrected chi connectivity index (χ4v) is 1.54. The molecule has 1 heterocycles. The van der Waals surface area contributed by atoms with Crippen LogP contribution in [-0.2, 0) is 0 Å². The molecular formula is C12H20N2O4. The van der Waals surface area contributed by atoms with Crippen molar-refractivity contribution < 1.29 is 19.2 Å². The summed E-state index contributed by atoms with van der Waals surface area (Å²) in [4.78, 5) is 11.6. The first-order chi connectivity index (χ1) is 8.31. The van der Waals surface area contributed by atoms with E-state index in [0.717, 1.165) is 0 Å². The molecule has 1 rings (SSSR count). The van der Waals surface area contributed by atoms with Crippen molar-refractivity contribution in [2.45, 2.75) is 33.3 Å². The predicted molar refractivity (Wildman–Crippen MR) is 65.5 cm³/mol. The standard InChI is InChI=1S/C12H20N2O4/c1-12(2,3)6-8(15)7-13-11(16)9-5-10(17-4)14-18-9/h5,8,15H,6-7H2,1-4H3,(H,13,16)/t8-/m0/s1. The Kier molecular flexibility index (Phi) is 4.72. The van der Waals surface area contributed by atoms with E-state index >= 15 is 0 Å². The summed E-state index contributed by atoms with van der Waals surface area (Å²) in [7, 11) is 1.44. The maximum absolute atomic E-state index is 11.6. The largest absolute Gasteiger partial charge is 0.479 e. The number of nitrogens with one attached hydrogen (secondary N) is 1. The molecule has 0 bridgehead atoms. The highest BCUT2D eigenvalue weighted by atomic mass is 16.5. The van der Waals surface area contributed by atoms with E-state index in [0.29, 0.717) is 6.42 Å². The summed E-state index contributed by atoms with van der Waals surface area (Å²) in [6.45, 7) is 6.26. The van der Waals surface area contributed by atoms with Crippen molar-refractivity contribution in [3.05, 3.63) is 11.8 Å². The number of hydrogen-bond acceptors (Lipinski definition) is 5. The second kappa shape index (κ2) is 5.86. The van der Waals surface area contributed by atoms with Crippen LogP contribution < -0.4 is 10.1 Å². The SMILES string of the molecule is COc1cc(C(=O)NC[C@@H](O)CC(C)(C)C)on1. The van der Waals surface area contributed by atoms with Gasteiger partial charge in [0.05, 0.1) is 19.3 Å². The fraction of sp³-hybridized carbons (Fsp3) is 0.667. The Hall–Kier alpha value is -1.56. The number of amides is 1. The van der Waals surface area contributed by atoms with Crippen molar-refractivity contribution in [2.24, 2.45) is 5.41 Å². The molecule has 18 heavy (non-hydrogen) atoms. The first-order valence-electron chi connectivity index (χ1n) is 5.79. The smallest absolute Gasteiger partial charge is 0.290 e. The molecule has 0 aliphatic carbocycles. The van der Waals surface area contributed by atoms with E-state index in [1.165, 1.54) is 13.2 Å². The van der Waals surface area contributed by atoms with Crippen molar-refractivity contribution >= 4 is 5.91 Å². The average molecular weight is 256 g/mol. The number of carbonyl (C=O) groups is 1. The molecule has 1 aromatic rings. The fourth-order valence-electron chi connectivity index (χ4n) is 1.54. The number of aliphatic hydroxyl groups excluding tert-OH is 1. The van der Waals surface area contributed by atoms with Crippen molar-refractivity contribution in [2.75, 3.05) is 13.7 Å². The van der Waals surface area contributed by atoms with E-state index in [9.17, 15) is 9.90 Å². The molecule has 1 aromatic heterocycles. The number of rotatable bonds is 5. The van der Waals surface area contributed by atoms with E-state index in [1.807, 2.05) is 20.8 Å². The summed E-state index contributed by atoms with van der Waals surface area (Å²) in [5.41, 5.74) is 0.0135. The number of methoxy groups -OCH3 is 1. The highest BCUT2D eigenvalue weighted by Gasteiger charge is 2.19. The summed E-state index contributed by atoms with van der Waals surface area (Å²) in [6, 6.07) is 1.39. The van der Waals surface area contributed by atoms with Crippen LogP contribution in [0, 0.1) is 5.41 Å². The molecule has 0 saturated carbocycles. The third-order valence-electron chi connectivity index (χ3n) is 2.27. The number of carbonyl (C=O) groups excluding carboxylic acids is 1. The predicted octanol–water partition coefficient (Wildman–Crippen LogP) is 1.21. The van der Waals surface area contributed by atoms with Crippen LogP contribution in [0.15, 0.2) is 10.6 Å². The van der Waals surface area contributed by atoms with Gasteiger partial charge in [0, 0.05) is 6.54 Å². The van der Waals surface area contributed by atoms with Gasteiger partial charge in [-0.05, 0) is 17.0 Å². The van der Waals surface area contributed by atoms with Gasteiger partial charge in [-0.25, -0.2) is 0 Å². The van der Waals surface area contributed by atoms with E-state index < -0.39 is 12.0 Å². The Bertz CT molecular complexity index is 395. The molecule has 1 atom stereocenters. The molecule has 102 valence electrons. The molecule has 1 amide bonds. The number of hydrogen-bond donors (Lipinski definition) is 2. The number of aliphatic hydroxyl groups is 1. The van der Waals surface area contributed by atoms with Gasteiger partial charge in [-0.2, -0.15) is 0 Å². The molecule has 6 nitrogen and oxygen atoms in total. The highest BCUT2D eigenvalue weighted by Crippen LogP contribution is 2.20. The minimum atomic E-state index is -0.584. The van der Waals surface area contributed by atoms with Gasteiger partial charge in [0.25, 0.3) is 11.8 Å². The van der Waals surface area contributed by atoms with Gasteiger partial charge in [0.1, 0.15) is 0 Å². The van der Waals surface area contributed by atoms with Crippen LogP contribution in [0.1, 0.15) is 37.7 Å². The molecule has 2 N–H and O–H groups in total. The van der Waals surface area contributed by atoms with Crippen LogP contribution in [-0.4, -0.2) is 35.9 Å². The molecule has 0 radical (unpaired) electrons. The topological polar surface area (TPSA) is 84.6 Å². The maximum atomic E-state index is 11.6. The van der Waals surface area contributed by atoms with Crippen LogP contribution in [0.25, 0.3) is 0 Å². The Balaban J connectivity index is 2.41. The quantitative estimate of drug-likeness (QED) is 0.827. The number of ether oxygens (including phenoxy) is 1. The lowest BCUT2D eigenvalue weighted by atomic mass is 9.89. The maximum Gasteiger partial charge on any atom is 0.290 e. The van der Waals surface area contributed by atoms with Gasteiger partial charge in [-0.1, -0.05) is 20.8 Å². The number of aromatic nitrogens is 1. The lowest BCUT2D eigenvalue weighted by Crippen LogP contribution is -2.34. The van der Waals surface area contributed by atoms with Gasteiger partial charge in [-0.15, -0.1) is 0 Å². The van der Waals surface area contributed by atoms with Crippen LogP contribution >= 0.6 is 0 Å². The van der Waals surface area contributed by atoms with Crippen molar-refractivity contribution in [1.82, 2.24) is 10.5 Å². The summed E-state index contributed by atoms with van der Waals surface area (Å²) in [5.74, 6) is -0.107. The Morgan fingerprint density at radius 1 is 1.61 bits per heavy atom.